The van der Waals surface area contributed by atoms with Gasteiger partial charge >= 0.3 is 0 Å². The fourth-order valence-corrected chi connectivity index (χ4v) is 2.88. The van der Waals surface area contributed by atoms with Crippen LogP contribution in [0.2, 0.25) is 0 Å². The number of aromatic nitrogens is 1. The number of likely N-dealkylation sites (N-methyl/N-ethyl adjacent to an activating group) is 1. The van der Waals surface area contributed by atoms with Crippen molar-refractivity contribution >= 4 is 22.5 Å². The van der Waals surface area contributed by atoms with E-state index in [1.807, 2.05) is 25.1 Å². The SMILES string of the molecule is Cc1cc(C(=O)Nc2ccc3[nH]c(C)c(CCN(C)C)c3c2)co1. The monoisotopic (exact) mass is 325 g/mol. The number of H-pyrrole nitrogens is 1. The van der Waals surface area contributed by atoms with Crippen molar-refractivity contribution in [2.75, 3.05) is 26.0 Å². The van der Waals surface area contributed by atoms with E-state index in [0.29, 0.717) is 5.56 Å². The highest BCUT2D eigenvalue weighted by Gasteiger charge is 2.12. The minimum atomic E-state index is -0.159. The van der Waals surface area contributed by atoms with Crippen molar-refractivity contribution in [1.82, 2.24) is 9.88 Å². The Hall–Kier alpha value is -2.53. The minimum absolute atomic E-state index is 0.159. The molecule has 1 amide bonds. The second kappa shape index (κ2) is 6.53. The lowest BCUT2D eigenvalue weighted by atomic mass is 10.1. The molecule has 1 aromatic carbocycles. The predicted molar refractivity (Wildman–Crippen MR) is 96.7 cm³/mol. The van der Waals surface area contributed by atoms with E-state index in [1.54, 1.807) is 6.07 Å². The van der Waals surface area contributed by atoms with Crippen molar-refractivity contribution in [1.29, 1.82) is 0 Å². The van der Waals surface area contributed by atoms with Crippen LogP contribution in [-0.4, -0.2) is 36.4 Å². The minimum Gasteiger partial charge on any atom is -0.469 e. The molecular formula is C19H23N3O2. The van der Waals surface area contributed by atoms with Crippen molar-refractivity contribution < 1.29 is 9.21 Å². The van der Waals surface area contributed by atoms with Gasteiger partial charge in [-0.3, -0.25) is 4.79 Å². The van der Waals surface area contributed by atoms with Crippen LogP contribution >= 0.6 is 0 Å². The second-order valence-electron chi connectivity index (χ2n) is 6.44. The zero-order chi connectivity index (χ0) is 17.3. The Morgan fingerprint density at radius 2 is 2.04 bits per heavy atom. The predicted octanol–water partition coefficient (Wildman–Crippen LogP) is 3.73. The van der Waals surface area contributed by atoms with Crippen LogP contribution in [0.15, 0.2) is 34.9 Å². The number of rotatable bonds is 5. The Morgan fingerprint density at radius 3 is 2.71 bits per heavy atom. The number of nitrogens with one attached hydrogen (secondary N) is 2. The van der Waals surface area contributed by atoms with Gasteiger partial charge in [0.15, 0.2) is 0 Å². The standard InChI is InChI=1S/C19H23N3O2/c1-12-9-14(11-24-12)19(23)21-15-5-6-18-17(10-15)16(13(2)20-18)7-8-22(3)4/h5-6,9-11,20H,7-8H2,1-4H3,(H,21,23). The van der Waals surface area contributed by atoms with E-state index >= 15 is 0 Å². The lowest BCUT2D eigenvalue weighted by Gasteiger charge is -2.10. The van der Waals surface area contributed by atoms with Gasteiger partial charge < -0.3 is 19.6 Å². The molecule has 2 aromatic heterocycles. The van der Waals surface area contributed by atoms with Crippen LogP contribution in [-0.2, 0) is 6.42 Å². The number of aromatic amines is 1. The van der Waals surface area contributed by atoms with Gasteiger partial charge in [-0.15, -0.1) is 0 Å². The summed E-state index contributed by atoms with van der Waals surface area (Å²) in [7, 11) is 4.14. The summed E-state index contributed by atoms with van der Waals surface area (Å²) in [5, 5.41) is 4.10. The van der Waals surface area contributed by atoms with Gasteiger partial charge in [0.2, 0.25) is 0 Å². The molecule has 0 aliphatic heterocycles. The number of benzene rings is 1. The van der Waals surface area contributed by atoms with Crippen molar-refractivity contribution in [3.8, 4) is 0 Å². The summed E-state index contributed by atoms with van der Waals surface area (Å²) in [5.74, 6) is 0.566. The number of carbonyl (C=O) groups is 1. The summed E-state index contributed by atoms with van der Waals surface area (Å²) in [6.07, 6.45) is 2.45. The molecule has 5 nitrogen and oxygen atoms in total. The largest absolute Gasteiger partial charge is 0.469 e. The van der Waals surface area contributed by atoms with Gasteiger partial charge in [-0.1, -0.05) is 0 Å². The maximum atomic E-state index is 12.3. The summed E-state index contributed by atoms with van der Waals surface area (Å²) in [6, 6.07) is 7.70. The molecule has 2 heterocycles. The molecule has 0 fully saturated rings. The Labute approximate surface area is 141 Å². The van der Waals surface area contributed by atoms with E-state index in [4.69, 9.17) is 4.42 Å². The Bertz CT molecular complexity index is 874. The first-order chi connectivity index (χ1) is 11.4. The molecular weight excluding hydrogens is 302 g/mol. The van der Waals surface area contributed by atoms with Gasteiger partial charge in [0, 0.05) is 28.8 Å². The second-order valence-corrected chi connectivity index (χ2v) is 6.44. The lowest BCUT2D eigenvalue weighted by Crippen LogP contribution is -2.15. The molecule has 126 valence electrons. The average Bonchev–Trinajstić information content (AvgIpc) is 3.08. The average molecular weight is 325 g/mol. The number of anilines is 1. The van der Waals surface area contributed by atoms with E-state index < -0.39 is 0 Å². The van der Waals surface area contributed by atoms with Crippen molar-refractivity contribution in [2.45, 2.75) is 20.3 Å². The first kappa shape index (κ1) is 16.3. The van der Waals surface area contributed by atoms with Gasteiger partial charge in [-0.2, -0.15) is 0 Å². The highest BCUT2D eigenvalue weighted by molar-refractivity contribution is 6.05. The van der Waals surface area contributed by atoms with Crippen molar-refractivity contribution in [3.63, 3.8) is 0 Å². The Balaban J connectivity index is 1.87. The fraction of sp³-hybridized carbons (Fsp3) is 0.316. The quantitative estimate of drug-likeness (QED) is 0.751. The van der Waals surface area contributed by atoms with Crippen LogP contribution < -0.4 is 5.32 Å². The maximum absolute atomic E-state index is 12.3. The summed E-state index contributed by atoms with van der Waals surface area (Å²) < 4.78 is 5.20. The number of nitrogens with zero attached hydrogens (tertiary/aromatic N) is 1. The van der Waals surface area contributed by atoms with Crippen LogP contribution in [0.1, 0.15) is 27.4 Å². The maximum Gasteiger partial charge on any atom is 0.258 e. The molecule has 0 spiro atoms. The molecule has 24 heavy (non-hydrogen) atoms. The topological polar surface area (TPSA) is 61.3 Å². The number of aryl methyl sites for hydroxylation is 2. The van der Waals surface area contributed by atoms with E-state index in [0.717, 1.165) is 35.3 Å². The van der Waals surface area contributed by atoms with E-state index in [9.17, 15) is 4.79 Å². The molecule has 3 aromatic rings. The molecule has 0 aliphatic rings. The van der Waals surface area contributed by atoms with Gasteiger partial charge in [0.1, 0.15) is 12.0 Å². The molecule has 2 N–H and O–H groups in total. The third-order valence-corrected chi connectivity index (χ3v) is 4.18. The summed E-state index contributed by atoms with van der Waals surface area (Å²) in [5.41, 5.74) is 4.90. The smallest absolute Gasteiger partial charge is 0.258 e. The van der Waals surface area contributed by atoms with Crippen LogP contribution in [0.4, 0.5) is 5.69 Å². The number of fused-ring (bicyclic) bond motifs is 1. The number of furan rings is 1. The fourth-order valence-electron chi connectivity index (χ4n) is 2.88. The number of hydrogen-bond donors (Lipinski definition) is 2. The van der Waals surface area contributed by atoms with E-state index in [2.05, 4.69) is 36.2 Å². The Kier molecular flexibility index (Phi) is 4.44. The molecule has 0 unspecified atom stereocenters. The summed E-state index contributed by atoms with van der Waals surface area (Å²) >= 11 is 0. The molecule has 0 saturated heterocycles. The highest BCUT2D eigenvalue weighted by Crippen LogP contribution is 2.26. The van der Waals surface area contributed by atoms with Gasteiger partial charge in [-0.25, -0.2) is 0 Å². The molecule has 3 rings (SSSR count). The third kappa shape index (κ3) is 3.36. The van der Waals surface area contributed by atoms with E-state index in [-0.39, 0.29) is 5.91 Å². The van der Waals surface area contributed by atoms with Crippen LogP contribution in [0.25, 0.3) is 10.9 Å². The van der Waals surface area contributed by atoms with Crippen LogP contribution in [0.3, 0.4) is 0 Å². The number of amides is 1. The zero-order valence-electron chi connectivity index (χ0n) is 14.6. The number of carbonyl (C=O) groups excluding carboxylic acids is 1. The molecule has 0 aliphatic carbocycles. The summed E-state index contributed by atoms with van der Waals surface area (Å²) in [6.45, 7) is 4.90. The van der Waals surface area contributed by atoms with Gasteiger partial charge in [-0.05, 0) is 64.2 Å². The Morgan fingerprint density at radius 1 is 1.25 bits per heavy atom. The molecule has 0 saturated carbocycles. The molecule has 5 heteroatoms. The molecule has 0 atom stereocenters. The van der Waals surface area contributed by atoms with Crippen LogP contribution in [0.5, 0.6) is 0 Å². The number of hydrogen-bond acceptors (Lipinski definition) is 3. The molecule has 0 radical (unpaired) electrons. The normalized spacial score (nSPS) is 11.4. The highest BCUT2D eigenvalue weighted by atomic mass is 16.3. The first-order valence-corrected chi connectivity index (χ1v) is 8.06. The zero-order valence-corrected chi connectivity index (χ0v) is 14.6. The van der Waals surface area contributed by atoms with Gasteiger partial charge in [0.25, 0.3) is 5.91 Å². The molecule has 0 bridgehead atoms. The third-order valence-electron chi connectivity index (χ3n) is 4.18. The van der Waals surface area contributed by atoms with Crippen molar-refractivity contribution in [3.05, 3.63) is 53.1 Å². The van der Waals surface area contributed by atoms with E-state index in [1.165, 1.54) is 17.5 Å². The van der Waals surface area contributed by atoms with Crippen molar-refractivity contribution in [2.24, 2.45) is 0 Å². The van der Waals surface area contributed by atoms with Gasteiger partial charge in [0.05, 0.1) is 5.56 Å². The summed E-state index contributed by atoms with van der Waals surface area (Å²) in [4.78, 5) is 17.9. The lowest BCUT2D eigenvalue weighted by molar-refractivity contribution is 0.102. The first-order valence-electron chi connectivity index (χ1n) is 8.06. The van der Waals surface area contributed by atoms with Crippen LogP contribution in [0, 0.1) is 13.8 Å².